The van der Waals surface area contributed by atoms with Crippen molar-refractivity contribution in [3.05, 3.63) is 34.9 Å². The van der Waals surface area contributed by atoms with E-state index in [0.717, 1.165) is 25.3 Å². The molecular weight excluding hydrogens is 224 g/mol. The third kappa shape index (κ3) is 4.48. The Bertz CT molecular complexity index is 433. The molecule has 0 aliphatic rings. The lowest BCUT2D eigenvalue weighted by molar-refractivity contribution is -0.00898. The summed E-state index contributed by atoms with van der Waals surface area (Å²) in [6.45, 7) is 10.5. The lowest BCUT2D eigenvalue weighted by Gasteiger charge is -2.25. The largest absolute Gasteiger partial charge is 0.375 e. The van der Waals surface area contributed by atoms with Gasteiger partial charge in [0.2, 0.25) is 0 Å². The van der Waals surface area contributed by atoms with Gasteiger partial charge in [-0.05, 0) is 51.0 Å². The molecular formula is C15H22N2O. The Hall–Kier alpha value is -1.37. The Kier molecular flexibility index (Phi) is 5.33. The predicted molar refractivity (Wildman–Crippen MR) is 73.3 cm³/mol. The Morgan fingerprint density at radius 3 is 2.67 bits per heavy atom. The van der Waals surface area contributed by atoms with E-state index in [1.54, 1.807) is 0 Å². The highest BCUT2D eigenvalue weighted by atomic mass is 16.5. The molecule has 0 bridgehead atoms. The molecule has 0 amide bonds. The highest BCUT2D eigenvalue weighted by Crippen LogP contribution is 2.11. The Morgan fingerprint density at radius 1 is 1.39 bits per heavy atom. The molecule has 1 aromatic carbocycles. The van der Waals surface area contributed by atoms with E-state index in [0.29, 0.717) is 5.56 Å². The second-order valence-corrected chi connectivity index (χ2v) is 5.05. The van der Waals surface area contributed by atoms with Gasteiger partial charge in [0.05, 0.1) is 17.2 Å². The van der Waals surface area contributed by atoms with Crippen molar-refractivity contribution < 1.29 is 4.74 Å². The smallest absolute Gasteiger partial charge is 0.0991 e. The van der Waals surface area contributed by atoms with Crippen LogP contribution in [0.4, 0.5) is 0 Å². The van der Waals surface area contributed by atoms with Crippen LogP contribution in [0.2, 0.25) is 0 Å². The lowest BCUT2D eigenvalue weighted by Crippen LogP contribution is -2.37. The van der Waals surface area contributed by atoms with E-state index in [1.807, 2.05) is 32.0 Å². The average molecular weight is 246 g/mol. The Morgan fingerprint density at radius 2 is 2.11 bits per heavy atom. The molecule has 0 aromatic heterocycles. The van der Waals surface area contributed by atoms with Crippen molar-refractivity contribution in [2.75, 3.05) is 13.2 Å². The van der Waals surface area contributed by atoms with Gasteiger partial charge < -0.3 is 10.1 Å². The molecule has 1 rings (SSSR count). The zero-order chi connectivity index (χ0) is 13.6. The molecule has 18 heavy (non-hydrogen) atoms. The number of hydrogen-bond acceptors (Lipinski definition) is 3. The van der Waals surface area contributed by atoms with Gasteiger partial charge in [0.1, 0.15) is 0 Å². The van der Waals surface area contributed by atoms with Gasteiger partial charge in [-0.25, -0.2) is 0 Å². The predicted octanol–water partition coefficient (Wildman–Crippen LogP) is 2.77. The number of benzene rings is 1. The van der Waals surface area contributed by atoms with E-state index in [4.69, 9.17) is 10.00 Å². The van der Waals surface area contributed by atoms with E-state index < -0.39 is 0 Å². The van der Waals surface area contributed by atoms with Crippen LogP contribution in [0.25, 0.3) is 0 Å². The molecule has 3 heteroatoms. The maximum atomic E-state index is 8.81. The lowest BCUT2D eigenvalue weighted by atomic mass is 10.0. The monoisotopic (exact) mass is 246 g/mol. The highest BCUT2D eigenvalue weighted by molar-refractivity contribution is 5.37. The molecule has 0 radical (unpaired) electrons. The molecule has 98 valence electrons. The summed E-state index contributed by atoms with van der Waals surface area (Å²) in [7, 11) is 0. The first-order chi connectivity index (χ1) is 8.48. The zero-order valence-corrected chi connectivity index (χ0v) is 11.7. The first kappa shape index (κ1) is 14.7. The van der Waals surface area contributed by atoms with Crippen LogP contribution in [0.3, 0.4) is 0 Å². The molecule has 1 aromatic rings. The number of rotatable bonds is 6. The van der Waals surface area contributed by atoms with Crippen molar-refractivity contribution in [1.29, 1.82) is 5.26 Å². The normalized spacial score (nSPS) is 11.3. The molecule has 0 saturated heterocycles. The Balaban J connectivity index is 2.52. The third-order valence-electron chi connectivity index (χ3n) is 2.87. The second-order valence-electron chi connectivity index (χ2n) is 5.05. The Labute approximate surface area is 110 Å². The van der Waals surface area contributed by atoms with Crippen molar-refractivity contribution in [3.8, 4) is 6.07 Å². The summed E-state index contributed by atoms with van der Waals surface area (Å²) in [5.41, 5.74) is 2.94. The summed E-state index contributed by atoms with van der Waals surface area (Å²) in [5, 5.41) is 12.2. The maximum absolute atomic E-state index is 8.81. The summed E-state index contributed by atoms with van der Waals surface area (Å²) in [6, 6.07) is 7.94. The fraction of sp³-hybridized carbons (Fsp3) is 0.533. The van der Waals surface area contributed by atoms with Crippen molar-refractivity contribution in [2.45, 2.75) is 39.8 Å². The standard InChI is InChI=1S/C15H22N2O/c1-5-18-15(3,4)11-17-10-14-7-6-13(9-16)8-12(14)2/h6-8,17H,5,10-11H2,1-4H3. The van der Waals surface area contributed by atoms with Crippen LogP contribution in [0.1, 0.15) is 37.5 Å². The van der Waals surface area contributed by atoms with Crippen molar-refractivity contribution in [1.82, 2.24) is 5.32 Å². The third-order valence-corrected chi connectivity index (χ3v) is 2.87. The molecule has 3 nitrogen and oxygen atoms in total. The van der Waals surface area contributed by atoms with Gasteiger partial charge in [-0.15, -0.1) is 0 Å². The van der Waals surface area contributed by atoms with Gasteiger partial charge in [-0.3, -0.25) is 0 Å². The number of nitrogens with zero attached hydrogens (tertiary/aromatic N) is 1. The van der Waals surface area contributed by atoms with E-state index >= 15 is 0 Å². The van der Waals surface area contributed by atoms with Gasteiger partial charge in [0.15, 0.2) is 0 Å². The van der Waals surface area contributed by atoms with Crippen molar-refractivity contribution in [3.63, 3.8) is 0 Å². The van der Waals surface area contributed by atoms with Crippen LogP contribution in [-0.4, -0.2) is 18.8 Å². The molecule has 0 atom stereocenters. The van der Waals surface area contributed by atoms with E-state index in [-0.39, 0.29) is 5.60 Å². The van der Waals surface area contributed by atoms with Gasteiger partial charge in [-0.2, -0.15) is 5.26 Å². The maximum Gasteiger partial charge on any atom is 0.0991 e. The van der Waals surface area contributed by atoms with Crippen molar-refractivity contribution >= 4 is 0 Å². The fourth-order valence-corrected chi connectivity index (χ4v) is 1.90. The number of ether oxygens (including phenoxy) is 1. The fourth-order valence-electron chi connectivity index (χ4n) is 1.90. The number of nitrogens with one attached hydrogen (secondary N) is 1. The van der Waals surface area contributed by atoms with Gasteiger partial charge in [-0.1, -0.05) is 6.07 Å². The molecule has 0 unspecified atom stereocenters. The molecule has 0 aliphatic heterocycles. The summed E-state index contributed by atoms with van der Waals surface area (Å²) in [5.74, 6) is 0. The van der Waals surface area contributed by atoms with Crippen LogP contribution >= 0.6 is 0 Å². The first-order valence-corrected chi connectivity index (χ1v) is 6.33. The first-order valence-electron chi connectivity index (χ1n) is 6.33. The van der Waals surface area contributed by atoms with E-state index in [1.165, 1.54) is 5.56 Å². The molecule has 0 spiro atoms. The topological polar surface area (TPSA) is 45.0 Å². The van der Waals surface area contributed by atoms with E-state index in [9.17, 15) is 0 Å². The summed E-state index contributed by atoms with van der Waals surface area (Å²) in [4.78, 5) is 0. The summed E-state index contributed by atoms with van der Waals surface area (Å²) >= 11 is 0. The van der Waals surface area contributed by atoms with Gasteiger partial charge in [0, 0.05) is 19.7 Å². The summed E-state index contributed by atoms with van der Waals surface area (Å²) < 4.78 is 5.63. The van der Waals surface area contributed by atoms with Gasteiger partial charge >= 0.3 is 0 Å². The van der Waals surface area contributed by atoms with Gasteiger partial charge in [0.25, 0.3) is 0 Å². The van der Waals surface area contributed by atoms with Crippen molar-refractivity contribution in [2.24, 2.45) is 0 Å². The van der Waals surface area contributed by atoms with Crippen LogP contribution in [-0.2, 0) is 11.3 Å². The SMILES string of the molecule is CCOC(C)(C)CNCc1ccc(C#N)cc1C. The number of nitriles is 1. The van der Waals surface area contributed by atoms with Crippen LogP contribution in [0.15, 0.2) is 18.2 Å². The number of hydrogen-bond donors (Lipinski definition) is 1. The molecule has 0 aliphatic carbocycles. The number of aryl methyl sites for hydroxylation is 1. The minimum Gasteiger partial charge on any atom is -0.375 e. The van der Waals surface area contributed by atoms with Crippen LogP contribution < -0.4 is 5.32 Å². The molecule has 0 fully saturated rings. The minimum absolute atomic E-state index is 0.144. The summed E-state index contributed by atoms with van der Waals surface area (Å²) in [6.07, 6.45) is 0. The van der Waals surface area contributed by atoms with Crippen LogP contribution in [0, 0.1) is 18.3 Å². The second kappa shape index (κ2) is 6.53. The quantitative estimate of drug-likeness (QED) is 0.839. The zero-order valence-electron chi connectivity index (χ0n) is 11.7. The molecule has 0 heterocycles. The molecule has 0 saturated carbocycles. The van der Waals surface area contributed by atoms with Crippen LogP contribution in [0.5, 0.6) is 0 Å². The molecule has 1 N–H and O–H groups in total. The average Bonchev–Trinajstić information content (AvgIpc) is 2.31. The van der Waals surface area contributed by atoms with E-state index in [2.05, 4.69) is 25.2 Å². The minimum atomic E-state index is -0.144. The highest BCUT2D eigenvalue weighted by Gasteiger charge is 2.16.